The van der Waals surface area contributed by atoms with Crippen LogP contribution in [0.25, 0.3) is 0 Å². The zero-order valence-electron chi connectivity index (χ0n) is 16.3. The molecule has 1 aliphatic heterocycles. The summed E-state index contributed by atoms with van der Waals surface area (Å²) in [6, 6.07) is 12.7. The fraction of sp³-hybridized carbons (Fsp3) is 0.261. The zero-order valence-corrected chi connectivity index (χ0v) is 17.1. The third-order valence-electron chi connectivity index (χ3n) is 5.39. The number of rotatable bonds is 3. The van der Waals surface area contributed by atoms with E-state index in [9.17, 15) is 9.59 Å². The van der Waals surface area contributed by atoms with E-state index in [1.807, 2.05) is 25.1 Å². The number of hydrogen-bond donors (Lipinski definition) is 2. The summed E-state index contributed by atoms with van der Waals surface area (Å²) >= 11 is 6.08. The van der Waals surface area contributed by atoms with E-state index in [-0.39, 0.29) is 17.6 Å². The van der Waals surface area contributed by atoms with Crippen molar-refractivity contribution < 1.29 is 9.59 Å². The van der Waals surface area contributed by atoms with E-state index in [4.69, 9.17) is 11.6 Å². The minimum atomic E-state index is -0.438. The number of carbonyl (C=O) groups is 2. The molecule has 2 atom stereocenters. The molecule has 5 nitrogen and oxygen atoms in total. The van der Waals surface area contributed by atoms with Gasteiger partial charge in [-0.2, -0.15) is 0 Å². The Morgan fingerprint density at radius 1 is 1.17 bits per heavy atom. The van der Waals surface area contributed by atoms with Gasteiger partial charge in [-0.25, -0.2) is 4.98 Å². The highest BCUT2D eigenvalue weighted by Gasteiger charge is 2.39. The molecular formula is C23H22ClN3O2. The predicted octanol–water partition coefficient (Wildman–Crippen LogP) is 4.59. The first-order chi connectivity index (χ1) is 13.9. The summed E-state index contributed by atoms with van der Waals surface area (Å²) in [7, 11) is 0. The Labute approximate surface area is 174 Å². The molecule has 29 heavy (non-hydrogen) atoms. The third kappa shape index (κ3) is 3.83. The fourth-order valence-corrected chi connectivity index (χ4v) is 4.27. The first-order valence-electron chi connectivity index (χ1n) is 9.66. The predicted molar refractivity (Wildman–Crippen MR) is 113 cm³/mol. The Balaban J connectivity index is 1.80. The molecule has 6 heteroatoms. The first-order valence-corrected chi connectivity index (χ1v) is 10.0. The molecule has 0 unspecified atom stereocenters. The number of carbonyl (C=O) groups excluding carboxylic acids is 2. The van der Waals surface area contributed by atoms with E-state index < -0.39 is 5.92 Å². The van der Waals surface area contributed by atoms with Crippen molar-refractivity contribution in [2.24, 2.45) is 5.92 Å². The molecule has 2 aliphatic rings. The van der Waals surface area contributed by atoms with Gasteiger partial charge in [0.25, 0.3) is 5.91 Å². The van der Waals surface area contributed by atoms with Crippen LogP contribution in [0.5, 0.6) is 0 Å². The molecule has 0 saturated heterocycles. The minimum absolute atomic E-state index is 0.0850. The lowest BCUT2D eigenvalue weighted by Crippen LogP contribution is -2.37. The van der Waals surface area contributed by atoms with E-state index in [1.165, 1.54) is 0 Å². The Kier molecular flexibility index (Phi) is 5.24. The van der Waals surface area contributed by atoms with Gasteiger partial charge in [0.2, 0.25) is 0 Å². The number of hydrogen-bond acceptors (Lipinski definition) is 4. The van der Waals surface area contributed by atoms with Gasteiger partial charge in [0.15, 0.2) is 5.78 Å². The highest BCUT2D eigenvalue weighted by atomic mass is 35.5. The van der Waals surface area contributed by atoms with Gasteiger partial charge in [0, 0.05) is 46.1 Å². The number of dihydropyridines is 1. The van der Waals surface area contributed by atoms with Crippen LogP contribution in [0.2, 0.25) is 5.02 Å². The van der Waals surface area contributed by atoms with Crippen molar-refractivity contribution in [2.45, 2.75) is 32.6 Å². The van der Waals surface area contributed by atoms with E-state index in [2.05, 4.69) is 22.5 Å². The molecule has 1 amide bonds. The maximum Gasteiger partial charge on any atom is 0.255 e. The molecule has 148 valence electrons. The molecule has 2 aromatic rings. The van der Waals surface area contributed by atoms with Gasteiger partial charge in [-0.05, 0) is 49.1 Å². The third-order valence-corrected chi connectivity index (χ3v) is 5.64. The van der Waals surface area contributed by atoms with Crippen LogP contribution in [0.4, 0.5) is 5.82 Å². The molecule has 0 bridgehead atoms. The van der Waals surface area contributed by atoms with Gasteiger partial charge in [-0.1, -0.05) is 36.7 Å². The number of nitrogens with one attached hydrogen (secondary N) is 2. The van der Waals surface area contributed by atoms with Gasteiger partial charge < -0.3 is 10.6 Å². The van der Waals surface area contributed by atoms with Gasteiger partial charge in [0.1, 0.15) is 5.82 Å². The lowest BCUT2D eigenvalue weighted by atomic mass is 9.73. The quantitative estimate of drug-likeness (QED) is 0.780. The summed E-state index contributed by atoms with van der Waals surface area (Å²) in [6.45, 7) is 3.95. The van der Waals surface area contributed by atoms with Crippen molar-refractivity contribution >= 4 is 29.1 Å². The van der Waals surface area contributed by atoms with Crippen LogP contribution in [0.1, 0.15) is 38.2 Å². The zero-order chi connectivity index (χ0) is 20.5. The van der Waals surface area contributed by atoms with Gasteiger partial charge >= 0.3 is 0 Å². The van der Waals surface area contributed by atoms with Crippen LogP contribution < -0.4 is 10.6 Å². The number of amides is 1. The van der Waals surface area contributed by atoms with Gasteiger partial charge in [0.05, 0.1) is 0 Å². The average molecular weight is 408 g/mol. The summed E-state index contributed by atoms with van der Waals surface area (Å²) in [5.74, 6) is 0.119. The highest BCUT2D eigenvalue weighted by molar-refractivity contribution is 6.30. The Morgan fingerprint density at radius 3 is 2.62 bits per heavy atom. The molecule has 0 spiro atoms. The van der Waals surface area contributed by atoms with E-state index in [0.717, 1.165) is 23.4 Å². The smallest absolute Gasteiger partial charge is 0.255 e. The van der Waals surface area contributed by atoms with Gasteiger partial charge in [-0.15, -0.1) is 0 Å². The number of Topliss-reactive ketones (excluding diaryl/α,β-unsaturated/α-hetero) is 1. The Bertz CT molecular complexity index is 1030. The summed E-state index contributed by atoms with van der Waals surface area (Å²) in [5, 5.41) is 6.81. The number of allylic oxidation sites excluding steroid dienone is 3. The largest absolute Gasteiger partial charge is 0.362 e. The Hall–Kier alpha value is -2.92. The van der Waals surface area contributed by atoms with Crippen molar-refractivity contribution in [1.29, 1.82) is 0 Å². The van der Waals surface area contributed by atoms with Crippen molar-refractivity contribution in [2.75, 3.05) is 5.32 Å². The van der Waals surface area contributed by atoms with Gasteiger partial charge in [-0.3, -0.25) is 9.59 Å². The van der Waals surface area contributed by atoms with Crippen LogP contribution in [0.15, 0.2) is 71.2 Å². The number of aromatic nitrogens is 1. The maximum absolute atomic E-state index is 13.3. The average Bonchev–Trinajstić information content (AvgIpc) is 2.68. The van der Waals surface area contributed by atoms with Crippen molar-refractivity contribution in [3.8, 4) is 0 Å². The van der Waals surface area contributed by atoms with Crippen molar-refractivity contribution in [3.63, 3.8) is 0 Å². The van der Waals surface area contributed by atoms with Crippen LogP contribution >= 0.6 is 11.6 Å². The van der Waals surface area contributed by atoms with Crippen LogP contribution in [0, 0.1) is 5.92 Å². The molecule has 0 saturated carbocycles. The number of pyridine rings is 1. The summed E-state index contributed by atoms with van der Waals surface area (Å²) in [5.41, 5.74) is 3.75. The lowest BCUT2D eigenvalue weighted by Gasteiger charge is -2.36. The van der Waals surface area contributed by atoms with E-state index in [0.29, 0.717) is 28.4 Å². The molecule has 4 rings (SSSR count). The molecule has 0 radical (unpaired) electrons. The van der Waals surface area contributed by atoms with Crippen LogP contribution in [-0.4, -0.2) is 16.7 Å². The molecule has 2 N–H and O–H groups in total. The van der Waals surface area contributed by atoms with Crippen LogP contribution in [-0.2, 0) is 9.59 Å². The number of nitrogens with zero attached hydrogens (tertiary/aromatic N) is 1. The second-order valence-electron chi connectivity index (χ2n) is 7.65. The van der Waals surface area contributed by atoms with E-state index >= 15 is 0 Å². The second-order valence-corrected chi connectivity index (χ2v) is 8.08. The molecule has 1 aromatic carbocycles. The monoisotopic (exact) mass is 407 g/mol. The standard InChI is InChI=1S/C23H22ClN3O2/c1-13-11-17-22(18(28)12-13)21(15-6-8-16(24)9-7-15)20(14(2)26-17)23(29)27-19-5-3-4-10-25-19/h3-10,13,21,26H,11-12H2,1-2H3,(H,25,27,29)/t13-,21+/m0/s1. The molecule has 2 heterocycles. The summed E-state index contributed by atoms with van der Waals surface area (Å²) < 4.78 is 0. The highest BCUT2D eigenvalue weighted by Crippen LogP contribution is 2.43. The fourth-order valence-electron chi connectivity index (χ4n) is 4.14. The van der Waals surface area contributed by atoms with Crippen molar-refractivity contribution in [1.82, 2.24) is 10.3 Å². The van der Waals surface area contributed by atoms with E-state index in [1.54, 1.807) is 30.5 Å². The second kappa shape index (κ2) is 7.84. The SMILES string of the molecule is CC1=C(C(=O)Nc2ccccn2)[C@@H](c2ccc(Cl)cc2)C2=C(C[C@H](C)CC2=O)N1. The molecule has 1 aliphatic carbocycles. The maximum atomic E-state index is 13.3. The normalized spacial score (nSPS) is 21.6. The number of ketones is 1. The first kappa shape index (κ1) is 19.4. The topological polar surface area (TPSA) is 71.1 Å². The molecule has 1 aromatic heterocycles. The minimum Gasteiger partial charge on any atom is -0.362 e. The lowest BCUT2D eigenvalue weighted by molar-refractivity contribution is -0.117. The number of anilines is 1. The van der Waals surface area contributed by atoms with Crippen LogP contribution in [0.3, 0.4) is 0 Å². The summed E-state index contributed by atoms with van der Waals surface area (Å²) in [6.07, 6.45) is 2.90. The Morgan fingerprint density at radius 2 is 1.93 bits per heavy atom. The molecular weight excluding hydrogens is 386 g/mol. The summed E-state index contributed by atoms with van der Waals surface area (Å²) in [4.78, 5) is 30.5. The number of benzene rings is 1. The van der Waals surface area contributed by atoms with Crippen molar-refractivity contribution in [3.05, 3.63) is 81.8 Å². The molecule has 0 fully saturated rings. The number of halogens is 1.